The van der Waals surface area contributed by atoms with Crippen LogP contribution in [-0.2, 0) is 13.2 Å². The zero-order valence-electron chi connectivity index (χ0n) is 16.6. The maximum absolute atomic E-state index is 6.00. The minimum absolute atomic E-state index is 0.508. The number of hydrogen-bond donors (Lipinski definition) is 1. The average Bonchev–Trinajstić information content (AvgIpc) is 2.69. The third kappa shape index (κ3) is 5.52. The lowest BCUT2D eigenvalue weighted by Crippen LogP contribution is -2.03. The third-order valence-corrected chi connectivity index (χ3v) is 5.15. The molecule has 0 unspecified atom stereocenters. The van der Waals surface area contributed by atoms with Gasteiger partial charge in [0.15, 0.2) is 11.5 Å². The Morgan fingerprint density at radius 1 is 0.786 bits per heavy atom. The van der Waals surface area contributed by atoms with Gasteiger partial charge in [0.1, 0.15) is 6.61 Å². The van der Waals surface area contributed by atoms with Gasteiger partial charge in [-0.3, -0.25) is 0 Å². The van der Waals surface area contributed by atoms with E-state index in [2.05, 4.69) is 65.4 Å². The quantitative estimate of drug-likeness (QED) is 0.425. The molecule has 0 atom stereocenters. The summed E-state index contributed by atoms with van der Waals surface area (Å²) in [6, 6.07) is 20.7. The number of anilines is 1. The highest BCUT2D eigenvalue weighted by atomic mass is 79.9. The van der Waals surface area contributed by atoms with Gasteiger partial charge >= 0.3 is 0 Å². The normalized spacial score (nSPS) is 10.6. The van der Waals surface area contributed by atoms with E-state index < -0.39 is 0 Å². The summed E-state index contributed by atoms with van der Waals surface area (Å²) in [6.07, 6.45) is 0. The van der Waals surface area contributed by atoms with Crippen LogP contribution >= 0.6 is 15.9 Å². The fraction of sp³-hybridized carbons (Fsp3) is 0.250. The smallest absolute Gasteiger partial charge is 0.161 e. The molecule has 0 aliphatic carbocycles. The summed E-state index contributed by atoms with van der Waals surface area (Å²) < 4.78 is 12.9. The van der Waals surface area contributed by atoms with Crippen molar-refractivity contribution in [2.24, 2.45) is 0 Å². The van der Waals surface area contributed by atoms with Gasteiger partial charge in [-0.25, -0.2) is 0 Å². The lowest BCUT2D eigenvalue weighted by molar-refractivity contribution is 0.269. The van der Waals surface area contributed by atoms with Gasteiger partial charge in [-0.05, 0) is 79.4 Å². The van der Waals surface area contributed by atoms with E-state index in [4.69, 9.17) is 9.47 Å². The number of nitrogens with one attached hydrogen (secondary N) is 1. The summed E-state index contributed by atoms with van der Waals surface area (Å²) in [7, 11) is 0. The number of hydrogen-bond acceptors (Lipinski definition) is 3. The van der Waals surface area contributed by atoms with Gasteiger partial charge in [0.25, 0.3) is 0 Å². The Hall–Kier alpha value is -2.46. The van der Waals surface area contributed by atoms with Crippen LogP contribution in [0.5, 0.6) is 11.5 Å². The topological polar surface area (TPSA) is 30.5 Å². The maximum atomic E-state index is 6.00. The minimum Gasteiger partial charge on any atom is -0.490 e. The van der Waals surface area contributed by atoms with Crippen molar-refractivity contribution in [3.05, 3.63) is 87.4 Å². The first-order valence-corrected chi connectivity index (χ1v) is 10.3. The van der Waals surface area contributed by atoms with Crippen LogP contribution in [0.25, 0.3) is 0 Å². The Balaban J connectivity index is 1.67. The Morgan fingerprint density at radius 3 is 2.25 bits per heavy atom. The first kappa shape index (κ1) is 20.3. The molecule has 3 nitrogen and oxygen atoms in total. The van der Waals surface area contributed by atoms with Gasteiger partial charge in [0, 0.05) is 16.7 Å². The van der Waals surface area contributed by atoms with Crippen molar-refractivity contribution >= 4 is 21.6 Å². The summed E-state index contributed by atoms with van der Waals surface area (Å²) in [5, 5.41) is 3.48. The highest BCUT2D eigenvalue weighted by Crippen LogP contribution is 2.30. The highest BCUT2D eigenvalue weighted by molar-refractivity contribution is 9.10. The molecular formula is C24H26BrNO2. The molecule has 0 fully saturated rings. The molecule has 0 aliphatic heterocycles. The van der Waals surface area contributed by atoms with E-state index in [9.17, 15) is 0 Å². The van der Waals surface area contributed by atoms with Crippen LogP contribution in [0.2, 0.25) is 0 Å². The SMILES string of the molecule is CCOc1cc(CNc2ccc(C)c(C)c2)ccc1OCc1ccc(Br)cc1. The predicted molar refractivity (Wildman–Crippen MR) is 119 cm³/mol. The number of aryl methyl sites for hydroxylation is 2. The standard InChI is InChI=1S/C24H26BrNO2/c1-4-27-24-14-20(15-26-22-11-5-17(2)18(3)13-22)8-12-23(24)28-16-19-6-9-21(25)10-7-19/h5-14,26H,4,15-16H2,1-3H3. The molecule has 0 spiro atoms. The number of rotatable bonds is 8. The maximum Gasteiger partial charge on any atom is 0.161 e. The second-order valence-electron chi connectivity index (χ2n) is 6.78. The molecule has 0 aromatic heterocycles. The van der Waals surface area contributed by atoms with Crippen LogP contribution in [-0.4, -0.2) is 6.61 Å². The predicted octanol–water partition coefficient (Wildman–Crippen LogP) is 6.66. The summed E-state index contributed by atoms with van der Waals surface area (Å²) in [5.41, 5.74) is 5.98. The lowest BCUT2D eigenvalue weighted by Gasteiger charge is -2.14. The largest absolute Gasteiger partial charge is 0.490 e. The third-order valence-electron chi connectivity index (χ3n) is 4.62. The Morgan fingerprint density at radius 2 is 1.54 bits per heavy atom. The van der Waals surface area contributed by atoms with Crippen LogP contribution in [0.3, 0.4) is 0 Å². The van der Waals surface area contributed by atoms with Crippen molar-refractivity contribution in [1.29, 1.82) is 0 Å². The van der Waals surface area contributed by atoms with E-state index in [1.165, 1.54) is 11.1 Å². The molecule has 3 aromatic carbocycles. The molecule has 146 valence electrons. The number of benzene rings is 3. The Kier molecular flexibility index (Phi) is 6.99. The van der Waals surface area contributed by atoms with Crippen molar-refractivity contribution in [3.8, 4) is 11.5 Å². The fourth-order valence-electron chi connectivity index (χ4n) is 2.85. The van der Waals surface area contributed by atoms with Crippen LogP contribution < -0.4 is 14.8 Å². The van der Waals surface area contributed by atoms with E-state index in [1.807, 2.05) is 37.3 Å². The minimum atomic E-state index is 0.508. The van der Waals surface area contributed by atoms with E-state index >= 15 is 0 Å². The van der Waals surface area contributed by atoms with Crippen LogP contribution in [0.4, 0.5) is 5.69 Å². The summed E-state index contributed by atoms with van der Waals surface area (Å²) in [4.78, 5) is 0. The molecule has 1 N–H and O–H groups in total. The second kappa shape index (κ2) is 9.65. The van der Waals surface area contributed by atoms with Crippen molar-refractivity contribution in [1.82, 2.24) is 0 Å². The van der Waals surface area contributed by atoms with E-state index in [-0.39, 0.29) is 0 Å². The van der Waals surface area contributed by atoms with Crippen molar-refractivity contribution in [2.45, 2.75) is 33.9 Å². The van der Waals surface area contributed by atoms with E-state index in [1.54, 1.807) is 0 Å². The lowest BCUT2D eigenvalue weighted by atomic mass is 10.1. The highest BCUT2D eigenvalue weighted by Gasteiger charge is 2.08. The molecule has 28 heavy (non-hydrogen) atoms. The summed E-state index contributed by atoms with van der Waals surface area (Å²) >= 11 is 3.45. The Bertz CT molecular complexity index is 922. The van der Waals surface area contributed by atoms with Crippen molar-refractivity contribution < 1.29 is 9.47 Å². The zero-order chi connectivity index (χ0) is 19.9. The second-order valence-corrected chi connectivity index (χ2v) is 7.70. The van der Waals surface area contributed by atoms with Crippen molar-refractivity contribution in [3.63, 3.8) is 0 Å². The van der Waals surface area contributed by atoms with E-state index in [0.29, 0.717) is 13.2 Å². The van der Waals surface area contributed by atoms with Gasteiger partial charge in [0.2, 0.25) is 0 Å². The van der Waals surface area contributed by atoms with Gasteiger partial charge in [0.05, 0.1) is 6.61 Å². The monoisotopic (exact) mass is 439 g/mol. The molecule has 3 aromatic rings. The number of halogens is 1. The summed E-state index contributed by atoms with van der Waals surface area (Å²) in [6.45, 7) is 8.08. The molecule has 4 heteroatoms. The first-order valence-electron chi connectivity index (χ1n) is 9.49. The average molecular weight is 440 g/mol. The molecule has 3 rings (SSSR count). The van der Waals surface area contributed by atoms with Gasteiger partial charge in [-0.2, -0.15) is 0 Å². The number of ether oxygens (including phenoxy) is 2. The van der Waals surface area contributed by atoms with Gasteiger partial charge < -0.3 is 14.8 Å². The van der Waals surface area contributed by atoms with Crippen LogP contribution in [0.15, 0.2) is 65.1 Å². The van der Waals surface area contributed by atoms with Crippen LogP contribution in [0.1, 0.15) is 29.2 Å². The molecule has 0 heterocycles. The molecule has 0 saturated carbocycles. The molecule has 0 bridgehead atoms. The van der Waals surface area contributed by atoms with Gasteiger partial charge in [-0.1, -0.05) is 40.2 Å². The molecule has 0 saturated heterocycles. The Labute approximate surface area is 175 Å². The summed E-state index contributed by atoms with van der Waals surface area (Å²) in [5.74, 6) is 1.54. The van der Waals surface area contributed by atoms with E-state index in [0.717, 1.165) is 39.3 Å². The fourth-order valence-corrected chi connectivity index (χ4v) is 3.11. The van der Waals surface area contributed by atoms with Crippen LogP contribution in [0, 0.1) is 13.8 Å². The zero-order valence-corrected chi connectivity index (χ0v) is 18.2. The van der Waals surface area contributed by atoms with Gasteiger partial charge in [-0.15, -0.1) is 0 Å². The molecule has 0 aliphatic rings. The van der Waals surface area contributed by atoms with Crippen molar-refractivity contribution in [2.75, 3.05) is 11.9 Å². The first-order chi connectivity index (χ1) is 13.5. The molecule has 0 radical (unpaired) electrons. The molecule has 0 amide bonds. The molecular weight excluding hydrogens is 414 g/mol.